The molecule has 0 saturated carbocycles. The highest BCUT2D eigenvalue weighted by Gasteiger charge is 2.20. The number of hydrogen-bond acceptors (Lipinski definition) is 4. The fraction of sp³-hybridized carbons (Fsp3) is 0.409. The van der Waals surface area contributed by atoms with Crippen LogP contribution in [-0.2, 0) is 13.6 Å². The number of hydrogen-bond donors (Lipinski definition) is 0. The average molecular weight is 364 g/mol. The molecule has 0 unspecified atom stereocenters. The summed E-state index contributed by atoms with van der Waals surface area (Å²) in [5, 5.41) is 0. The van der Waals surface area contributed by atoms with Crippen LogP contribution in [0.15, 0.2) is 36.4 Å². The predicted molar refractivity (Wildman–Crippen MR) is 111 cm³/mol. The SMILES string of the molecule is COc1ccc2c(c1)nc(CN1CCN(c3cc(C)ccc3C)CC1)n2C. The minimum absolute atomic E-state index is 0.856. The largest absolute Gasteiger partial charge is 0.497 e. The summed E-state index contributed by atoms with van der Waals surface area (Å²) in [6.45, 7) is 9.48. The summed E-state index contributed by atoms with van der Waals surface area (Å²) in [7, 11) is 3.80. The standard InChI is InChI=1S/C22H28N4O/c1-16-5-6-17(2)21(13-16)26-11-9-25(10-12-26)15-22-23-19-14-18(27-4)7-8-20(19)24(22)3/h5-8,13-14H,9-12,15H2,1-4H3. The first-order valence-electron chi connectivity index (χ1n) is 9.59. The molecule has 142 valence electrons. The van der Waals surface area contributed by atoms with Crippen LogP contribution in [0.2, 0.25) is 0 Å². The molecule has 27 heavy (non-hydrogen) atoms. The minimum atomic E-state index is 0.856. The average Bonchev–Trinajstić information content (AvgIpc) is 2.99. The van der Waals surface area contributed by atoms with Gasteiger partial charge < -0.3 is 14.2 Å². The van der Waals surface area contributed by atoms with Gasteiger partial charge in [0.1, 0.15) is 11.6 Å². The third-order valence-corrected chi connectivity index (χ3v) is 5.62. The van der Waals surface area contributed by atoms with E-state index < -0.39 is 0 Å². The quantitative estimate of drug-likeness (QED) is 0.709. The lowest BCUT2D eigenvalue weighted by atomic mass is 10.1. The Morgan fingerprint density at radius 1 is 1.00 bits per heavy atom. The summed E-state index contributed by atoms with van der Waals surface area (Å²) in [5.74, 6) is 1.97. The third-order valence-electron chi connectivity index (χ3n) is 5.62. The number of piperazine rings is 1. The fourth-order valence-corrected chi connectivity index (χ4v) is 3.90. The molecule has 1 fully saturated rings. The molecule has 2 aromatic carbocycles. The number of aromatic nitrogens is 2. The van der Waals surface area contributed by atoms with E-state index in [9.17, 15) is 0 Å². The van der Waals surface area contributed by atoms with Crippen LogP contribution in [-0.4, -0.2) is 47.7 Å². The van der Waals surface area contributed by atoms with E-state index in [-0.39, 0.29) is 0 Å². The Bertz CT molecular complexity index is 954. The lowest BCUT2D eigenvalue weighted by molar-refractivity contribution is 0.242. The number of anilines is 1. The smallest absolute Gasteiger partial charge is 0.123 e. The Balaban J connectivity index is 1.45. The molecule has 2 heterocycles. The van der Waals surface area contributed by atoms with Gasteiger partial charge in [-0.1, -0.05) is 12.1 Å². The summed E-state index contributed by atoms with van der Waals surface area (Å²) in [5.41, 5.74) is 6.22. The van der Waals surface area contributed by atoms with Crippen molar-refractivity contribution in [3.63, 3.8) is 0 Å². The van der Waals surface area contributed by atoms with Gasteiger partial charge in [0.15, 0.2) is 0 Å². The normalized spacial score (nSPS) is 15.5. The number of imidazole rings is 1. The Hall–Kier alpha value is -2.53. The number of rotatable bonds is 4. The summed E-state index contributed by atoms with van der Waals surface area (Å²) in [6, 6.07) is 12.8. The van der Waals surface area contributed by atoms with E-state index >= 15 is 0 Å². The van der Waals surface area contributed by atoms with Crippen molar-refractivity contribution in [2.24, 2.45) is 7.05 Å². The van der Waals surface area contributed by atoms with E-state index in [0.29, 0.717) is 0 Å². The minimum Gasteiger partial charge on any atom is -0.497 e. The molecule has 5 heteroatoms. The number of methoxy groups -OCH3 is 1. The first-order valence-corrected chi connectivity index (χ1v) is 9.59. The van der Waals surface area contributed by atoms with Gasteiger partial charge in [0.25, 0.3) is 0 Å². The molecule has 1 aliphatic heterocycles. The summed E-state index contributed by atoms with van der Waals surface area (Å²) >= 11 is 0. The molecule has 0 spiro atoms. The molecule has 0 bridgehead atoms. The zero-order valence-electron chi connectivity index (χ0n) is 16.7. The molecule has 0 atom stereocenters. The van der Waals surface area contributed by atoms with Gasteiger partial charge >= 0.3 is 0 Å². The Morgan fingerprint density at radius 2 is 1.78 bits per heavy atom. The van der Waals surface area contributed by atoms with Crippen LogP contribution in [0.1, 0.15) is 17.0 Å². The molecule has 4 rings (SSSR count). The fourth-order valence-electron chi connectivity index (χ4n) is 3.90. The summed E-state index contributed by atoms with van der Waals surface area (Å²) < 4.78 is 7.53. The molecule has 0 N–H and O–H groups in total. The topological polar surface area (TPSA) is 33.5 Å². The second-order valence-electron chi connectivity index (χ2n) is 7.49. The summed E-state index contributed by atoms with van der Waals surface area (Å²) in [4.78, 5) is 9.86. The Kier molecular flexibility index (Phi) is 4.79. The maximum atomic E-state index is 5.33. The maximum absolute atomic E-state index is 5.33. The molecule has 0 aliphatic carbocycles. The van der Waals surface area contributed by atoms with Crippen molar-refractivity contribution >= 4 is 16.7 Å². The van der Waals surface area contributed by atoms with Crippen molar-refractivity contribution in [3.8, 4) is 5.75 Å². The van der Waals surface area contributed by atoms with E-state index in [1.54, 1.807) is 7.11 Å². The Morgan fingerprint density at radius 3 is 2.52 bits per heavy atom. The van der Waals surface area contributed by atoms with Crippen LogP contribution in [0.25, 0.3) is 11.0 Å². The maximum Gasteiger partial charge on any atom is 0.123 e. The van der Waals surface area contributed by atoms with Crippen LogP contribution < -0.4 is 9.64 Å². The highest BCUT2D eigenvalue weighted by Crippen LogP contribution is 2.24. The molecule has 0 amide bonds. The molecule has 1 aromatic heterocycles. The van der Waals surface area contributed by atoms with Crippen LogP contribution in [0.4, 0.5) is 5.69 Å². The van der Waals surface area contributed by atoms with Crippen LogP contribution >= 0.6 is 0 Å². The van der Waals surface area contributed by atoms with Crippen LogP contribution in [0.3, 0.4) is 0 Å². The van der Waals surface area contributed by atoms with Crippen molar-refractivity contribution in [2.75, 3.05) is 38.2 Å². The molecular formula is C22H28N4O. The van der Waals surface area contributed by atoms with Crippen molar-refractivity contribution in [1.29, 1.82) is 0 Å². The summed E-state index contributed by atoms with van der Waals surface area (Å²) in [6.07, 6.45) is 0. The molecular weight excluding hydrogens is 336 g/mol. The number of nitrogens with zero attached hydrogens (tertiary/aromatic N) is 4. The lowest BCUT2D eigenvalue weighted by Crippen LogP contribution is -2.46. The van der Waals surface area contributed by atoms with Crippen LogP contribution in [0.5, 0.6) is 5.75 Å². The Labute approximate surface area is 161 Å². The first kappa shape index (κ1) is 17.9. The lowest BCUT2D eigenvalue weighted by Gasteiger charge is -2.36. The third kappa shape index (κ3) is 3.52. The van der Waals surface area contributed by atoms with E-state index in [1.807, 2.05) is 12.1 Å². The number of fused-ring (bicyclic) bond motifs is 1. The second-order valence-corrected chi connectivity index (χ2v) is 7.49. The van der Waals surface area contributed by atoms with Gasteiger partial charge in [-0.25, -0.2) is 4.98 Å². The van der Waals surface area contributed by atoms with Crippen molar-refractivity contribution < 1.29 is 4.74 Å². The number of benzene rings is 2. The highest BCUT2D eigenvalue weighted by atomic mass is 16.5. The van der Waals surface area contributed by atoms with Crippen molar-refractivity contribution in [2.45, 2.75) is 20.4 Å². The van der Waals surface area contributed by atoms with Crippen LogP contribution in [0, 0.1) is 13.8 Å². The van der Waals surface area contributed by atoms with Gasteiger partial charge in [-0.15, -0.1) is 0 Å². The van der Waals surface area contributed by atoms with Gasteiger partial charge in [-0.05, 0) is 43.2 Å². The second kappa shape index (κ2) is 7.24. The zero-order valence-corrected chi connectivity index (χ0v) is 16.7. The van der Waals surface area contributed by atoms with Gasteiger partial charge in [0.2, 0.25) is 0 Å². The zero-order chi connectivity index (χ0) is 19.0. The van der Waals surface area contributed by atoms with Gasteiger partial charge in [-0.3, -0.25) is 4.90 Å². The predicted octanol–water partition coefficient (Wildman–Crippen LogP) is 3.52. The molecule has 1 saturated heterocycles. The van der Waals surface area contributed by atoms with E-state index in [2.05, 4.69) is 59.5 Å². The molecule has 1 aliphatic rings. The molecule has 5 nitrogen and oxygen atoms in total. The van der Waals surface area contributed by atoms with Crippen molar-refractivity contribution in [3.05, 3.63) is 53.3 Å². The van der Waals surface area contributed by atoms with E-state index in [1.165, 1.54) is 16.8 Å². The highest BCUT2D eigenvalue weighted by molar-refractivity contribution is 5.77. The van der Waals surface area contributed by atoms with Gasteiger partial charge in [0, 0.05) is 45.0 Å². The number of ether oxygens (including phenoxy) is 1. The number of aryl methyl sites for hydroxylation is 3. The van der Waals surface area contributed by atoms with Gasteiger partial charge in [-0.2, -0.15) is 0 Å². The van der Waals surface area contributed by atoms with Gasteiger partial charge in [0.05, 0.1) is 24.7 Å². The first-order chi connectivity index (χ1) is 13.0. The molecule has 0 radical (unpaired) electrons. The van der Waals surface area contributed by atoms with E-state index in [4.69, 9.17) is 9.72 Å². The van der Waals surface area contributed by atoms with E-state index in [0.717, 1.165) is 55.3 Å². The monoisotopic (exact) mass is 364 g/mol. The van der Waals surface area contributed by atoms with Crippen molar-refractivity contribution in [1.82, 2.24) is 14.5 Å². The molecule has 3 aromatic rings.